The van der Waals surface area contributed by atoms with Crippen molar-refractivity contribution in [1.82, 2.24) is 24.0 Å². The van der Waals surface area contributed by atoms with Crippen LogP contribution in [-0.4, -0.2) is 36.4 Å². The molecular weight excluding hydrogens is 456 g/mol. The van der Waals surface area contributed by atoms with Gasteiger partial charge in [0.25, 0.3) is 5.56 Å². The van der Waals surface area contributed by atoms with Crippen molar-refractivity contribution in [2.24, 2.45) is 7.05 Å². The highest BCUT2D eigenvalue weighted by Crippen LogP contribution is 2.27. The third kappa shape index (κ3) is 3.96. The molecule has 0 radical (unpaired) electrons. The Kier molecular flexibility index (Phi) is 5.43. The summed E-state index contributed by atoms with van der Waals surface area (Å²) in [5.41, 5.74) is 4.28. The number of alkyl halides is 2. The van der Waals surface area contributed by atoms with Gasteiger partial charge in [-0.15, -0.1) is 0 Å². The van der Waals surface area contributed by atoms with Crippen LogP contribution in [0, 0.1) is 6.92 Å². The van der Waals surface area contributed by atoms with Gasteiger partial charge in [0.15, 0.2) is 11.4 Å². The molecule has 0 saturated heterocycles. The number of benzene rings is 2. The first-order chi connectivity index (χ1) is 16.7. The largest absolute Gasteiger partial charge is 0.434 e. The number of carbonyl (C=O) groups excluding carboxylic acids is 1. The van der Waals surface area contributed by atoms with Crippen LogP contribution in [0.3, 0.4) is 0 Å². The molecule has 0 spiro atoms. The summed E-state index contributed by atoms with van der Waals surface area (Å²) >= 11 is 0. The molecule has 0 bridgehead atoms. The number of imidazole rings is 1. The molecule has 0 saturated carbocycles. The standard InChI is InChI=1S/C25H21F2N5O3/c1-14-4-7-22(35-25(26)27)18(8-14)13-31-20-9-16(5-6-19(20)24(34)30(31)3)17-10-23-28-12-21(15(2)33)32(23)29-11-17/h4-12,25H,13H2,1-3H3. The van der Waals surface area contributed by atoms with E-state index in [0.717, 1.165) is 16.7 Å². The van der Waals surface area contributed by atoms with E-state index in [1.165, 1.54) is 28.4 Å². The first-order valence-corrected chi connectivity index (χ1v) is 10.8. The van der Waals surface area contributed by atoms with Crippen molar-refractivity contribution >= 4 is 22.3 Å². The lowest BCUT2D eigenvalue weighted by Crippen LogP contribution is -2.20. The number of fused-ring (bicyclic) bond motifs is 2. The average molecular weight is 477 g/mol. The molecule has 8 nitrogen and oxygen atoms in total. The zero-order valence-corrected chi connectivity index (χ0v) is 19.2. The molecule has 35 heavy (non-hydrogen) atoms. The molecule has 10 heteroatoms. The Morgan fingerprint density at radius 2 is 1.89 bits per heavy atom. The average Bonchev–Trinajstić information content (AvgIpc) is 3.35. The molecule has 5 rings (SSSR count). The van der Waals surface area contributed by atoms with Gasteiger partial charge < -0.3 is 4.74 Å². The summed E-state index contributed by atoms with van der Waals surface area (Å²) in [6, 6.07) is 12.2. The SMILES string of the molecule is CC(=O)c1cnc2cc(-c3ccc4c(=O)n(C)n(Cc5cc(C)ccc5OC(F)F)c4c3)cnn12. The predicted octanol–water partition coefficient (Wildman–Crippen LogP) is 4.21. The normalized spacial score (nSPS) is 11.6. The van der Waals surface area contributed by atoms with Crippen molar-refractivity contribution in [3.8, 4) is 16.9 Å². The number of ketones is 1. The molecule has 5 aromatic rings. The zero-order valence-electron chi connectivity index (χ0n) is 19.2. The minimum Gasteiger partial charge on any atom is -0.434 e. The van der Waals surface area contributed by atoms with Gasteiger partial charge in [0, 0.05) is 25.1 Å². The molecule has 3 heterocycles. The summed E-state index contributed by atoms with van der Waals surface area (Å²) < 4.78 is 35.3. The van der Waals surface area contributed by atoms with E-state index >= 15 is 0 Å². The lowest BCUT2D eigenvalue weighted by molar-refractivity contribution is -0.0505. The zero-order chi connectivity index (χ0) is 24.9. The van der Waals surface area contributed by atoms with Crippen molar-refractivity contribution in [3.63, 3.8) is 0 Å². The molecule has 0 aliphatic rings. The molecule has 178 valence electrons. The summed E-state index contributed by atoms with van der Waals surface area (Å²) in [4.78, 5) is 28.9. The van der Waals surface area contributed by atoms with E-state index in [0.29, 0.717) is 27.8 Å². The number of aromatic nitrogens is 5. The van der Waals surface area contributed by atoms with E-state index in [9.17, 15) is 18.4 Å². The van der Waals surface area contributed by atoms with E-state index in [1.807, 2.05) is 19.1 Å². The maximum Gasteiger partial charge on any atom is 0.387 e. The molecule has 0 aliphatic heterocycles. The molecule has 0 aliphatic carbocycles. The van der Waals surface area contributed by atoms with Crippen LogP contribution >= 0.6 is 0 Å². The number of hydrogen-bond acceptors (Lipinski definition) is 5. The molecule has 2 aromatic carbocycles. The van der Waals surface area contributed by atoms with Crippen LogP contribution in [0.4, 0.5) is 8.78 Å². The maximum atomic E-state index is 13.0. The second-order valence-corrected chi connectivity index (χ2v) is 8.32. The Morgan fingerprint density at radius 1 is 1.09 bits per heavy atom. The fraction of sp³-hybridized carbons (Fsp3) is 0.200. The molecule has 0 N–H and O–H groups in total. The predicted molar refractivity (Wildman–Crippen MR) is 126 cm³/mol. The van der Waals surface area contributed by atoms with Gasteiger partial charge in [-0.05, 0) is 36.8 Å². The highest BCUT2D eigenvalue weighted by atomic mass is 19.3. The Morgan fingerprint density at radius 3 is 2.63 bits per heavy atom. The molecule has 3 aromatic heterocycles. The Bertz CT molecular complexity index is 1670. The summed E-state index contributed by atoms with van der Waals surface area (Å²) in [5, 5.41) is 4.85. The Balaban J connectivity index is 1.62. The topological polar surface area (TPSA) is 83.4 Å². The first-order valence-electron chi connectivity index (χ1n) is 10.8. The van der Waals surface area contributed by atoms with Gasteiger partial charge in [-0.2, -0.15) is 13.9 Å². The van der Waals surface area contributed by atoms with Crippen LogP contribution < -0.4 is 10.3 Å². The number of carbonyl (C=O) groups is 1. The van der Waals surface area contributed by atoms with E-state index in [4.69, 9.17) is 4.74 Å². The monoisotopic (exact) mass is 477 g/mol. The number of halogens is 2. The van der Waals surface area contributed by atoms with Gasteiger partial charge in [-0.1, -0.05) is 23.8 Å². The number of nitrogens with zero attached hydrogens (tertiary/aromatic N) is 5. The van der Waals surface area contributed by atoms with Gasteiger partial charge in [0.1, 0.15) is 11.4 Å². The number of aryl methyl sites for hydroxylation is 1. The van der Waals surface area contributed by atoms with Crippen LogP contribution in [0.15, 0.2) is 59.7 Å². The highest BCUT2D eigenvalue weighted by Gasteiger charge is 2.17. The van der Waals surface area contributed by atoms with Crippen molar-refractivity contribution < 1.29 is 18.3 Å². The third-order valence-corrected chi connectivity index (χ3v) is 5.97. The quantitative estimate of drug-likeness (QED) is 0.342. The number of ether oxygens (including phenoxy) is 1. The van der Waals surface area contributed by atoms with Crippen molar-refractivity contribution in [2.75, 3.05) is 0 Å². The van der Waals surface area contributed by atoms with Gasteiger partial charge in [0.2, 0.25) is 0 Å². The second-order valence-electron chi connectivity index (χ2n) is 8.32. The summed E-state index contributed by atoms with van der Waals surface area (Å²) in [7, 11) is 1.63. The number of rotatable bonds is 6. The number of hydrogen-bond donors (Lipinski definition) is 0. The van der Waals surface area contributed by atoms with Gasteiger partial charge in [-0.25, -0.2) is 9.50 Å². The summed E-state index contributed by atoms with van der Waals surface area (Å²) in [5.74, 6) is -0.0786. The van der Waals surface area contributed by atoms with Gasteiger partial charge >= 0.3 is 6.61 Å². The smallest absolute Gasteiger partial charge is 0.387 e. The van der Waals surface area contributed by atoms with Gasteiger partial charge in [-0.3, -0.25) is 19.0 Å². The van der Waals surface area contributed by atoms with Crippen LogP contribution in [0.2, 0.25) is 0 Å². The third-order valence-electron chi connectivity index (χ3n) is 5.97. The highest BCUT2D eigenvalue weighted by molar-refractivity contribution is 5.93. The molecule has 0 unspecified atom stereocenters. The fourth-order valence-corrected chi connectivity index (χ4v) is 4.22. The first kappa shape index (κ1) is 22.5. The lowest BCUT2D eigenvalue weighted by Gasteiger charge is -2.15. The van der Waals surface area contributed by atoms with E-state index in [1.54, 1.807) is 42.2 Å². The van der Waals surface area contributed by atoms with Crippen molar-refractivity contribution in [1.29, 1.82) is 0 Å². The Labute approximate surface area is 198 Å². The molecule has 0 fully saturated rings. The minimum absolute atomic E-state index is 0.0614. The summed E-state index contributed by atoms with van der Waals surface area (Å²) in [6.07, 6.45) is 3.11. The molecular formula is C25H21F2N5O3. The van der Waals surface area contributed by atoms with E-state index in [2.05, 4.69) is 10.1 Å². The van der Waals surface area contributed by atoms with Gasteiger partial charge in [0.05, 0.1) is 29.8 Å². The Hall–Kier alpha value is -4.34. The minimum atomic E-state index is -2.96. The van der Waals surface area contributed by atoms with E-state index in [-0.39, 0.29) is 23.6 Å². The molecule has 0 amide bonds. The van der Waals surface area contributed by atoms with E-state index < -0.39 is 6.61 Å². The molecule has 0 atom stereocenters. The van der Waals surface area contributed by atoms with Crippen molar-refractivity contribution in [2.45, 2.75) is 27.0 Å². The van der Waals surface area contributed by atoms with Crippen LogP contribution in [0.25, 0.3) is 27.7 Å². The number of Topliss-reactive ketones (excluding diaryl/α,β-unsaturated/α-hetero) is 1. The van der Waals surface area contributed by atoms with Crippen LogP contribution in [0.5, 0.6) is 5.75 Å². The maximum absolute atomic E-state index is 13.0. The lowest BCUT2D eigenvalue weighted by atomic mass is 10.1. The summed E-state index contributed by atoms with van der Waals surface area (Å²) in [6.45, 7) is 0.508. The van der Waals surface area contributed by atoms with Crippen molar-refractivity contribution in [3.05, 3.63) is 82.0 Å². The second kappa shape index (κ2) is 8.46. The fourth-order valence-electron chi connectivity index (χ4n) is 4.22. The van der Waals surface area contributed by atoms with Crippen LogP contribution in [0.1, 0.15) is 28.5 Å². The van der Waals surface area contributed by atoms with Crippen LogP contribution in [-0.2, 0) is 13.6 Å².